The Morgan fingerprint density at radius 2 is 2.16 bits per heavy atom. The van der Waals surface area contributed by atoms with Crippen LogP contribution in [0.5, 0.6) is 0 Å². The van der Waals surface area contributed by atoms with Crippen LogP contribution in [-0.2, 0) is 6.54 Å². The first-order valence-electron chi connectivity index (χ1n) is 6.32. The molecule has 4 nitrogen and oxygen atoms in total. The van der Waals surface area contributed by atoms with E-state index in [9.17, 15) is 0 Å². The molecule has 1 aromatic carbocycles. The number of benzene rings is 1. The average molecular weight is 272 g/mol. The summed E-state index contributed by atoms with van der Waals surface area (Å²) >= 11 is 1.60. The van der Waals surface area contributed by atoms with E-state index in [1.54, 1.807) is 11.3 Å². The number of nitrogens with zero attached hydrogens (tertiary/aromatic N) is 2. The molecule has 2 heterocycles. The van der Waals surface area contributed by atoms with E-state index in [-0.39, 0.29) is 0 Å². The van der Waals surface area contributed by atoms with E-state index in [1.807, 2.05) is 11.4 Å². The number of imidazole rings is 1. The van der Waals surface area contributed by atoms with Gasteiger partial charge in [-0.05, 0) is 12.1 Å². The van der Waals surface area contributed by atoms with Gasteiger partial charge in [0.1, 0.15) is 10.8 Å². The Kier molecular flexibility index (Phi) is 3.08. The summed E-state index contributed by atoms with van der Waals surface area (Å²) in [5, 5.41) is 3.01. The molecule has 0 atom stereocenters. The zero-order valence-electron chi connectivity index (χ0n) is 11.0. The predicted molar refractivity (Wildman–Crippen MR) is 79.2 cm³/mol. The Balaban J connectivity index is 2.05. The Hall–Kier alpha value is -1.72. The van der Waals surface area contributed by atoms with Gasteiger partial charge in [0.25, 0.3) is 0 Å². The van der Waals surface area contributed by atoms with Crippen molar-refractivity contribution >= 4 is 22.4 Å². The molecule has 0 saturated heterocycles. The molecule has 0 amide bonds. The second-order valence-electron chi connectivity index (χ2n) is 4.84. The molecule has 19 heavy (non-hydrogen) atoms. The summed E-state index contributed by atoms with van der Waals surface area (Å²) in [7, 11) is 0. The molecule has 0 spiro atoms. The normalized spacial score (nSPS) is 11.6. The number of rotatable bonds is 3. The molecule has 0 unspecified atom stereocenters. The van der Waals surface area contributed by atoms with Crippen molar-refractivity contribution < 1.29 is 0 Å². The Bertz CT molecular complexity index is 711. The Morgan fingerprint density at radius 3 is 2.84 bits per heavy atom. The number of thiazole rings is 1. The summed E-state index contributed by atoms with van der Waals surface area (Å²) in [4.78, 5) is 12.4. The average Bonchev–Trinajstić information content (AvgIpc) is 3.04. The fraction of sp³-hybridized carbons (Fsp3) is 0.286. The lowest BCUT2D eigenvalue weighted by Crippen LogP contribution is -1.94. The van der Waals surface area contributed by atoms with Crippen LogP contribution >= 0.6 is 11.3 Å². The van der Waals surface area contributed by atoms with Crippen molar-refractivity contribution in [1.29, 1.82) is 0 Å². The number of H-pyrrole nitrogens is 1. The molecule has 0 radical (unpaired) electrons. The third-order valence-electron chi connectivity index (χ3n) is 3.07. The van der Waals surface area contributed by atoms with E-state index in [4.69, 9.17) is 5.73 Å². The van der Waals surface area contributed by atoms with Crippen molar-refractivity contribution in [3.05, 3.63) is 34.4 Å². The van der Waals surface area contributed by atoms with Gasteiger partial charge in [0, 0.05) is 23.4 Å². The maximum Gasteiger partial charge on any atom is 0.109 e. The van der Waals surface area contributed by atoms with Crippen LogP contribution in [0.4, 0.5) is 0 Å². The van der Waals surface area contributed by atoms with Crippen LogP contribution in [0, 0.1) is 0 Å². The molecule has 0 aliphatic heterocycles. The van der Waals surface area contributed by atoms with Crippen molar-refractivity contribution in [2.45, 2.75) is 26.3 Å². The van der Waals surface area contributed by atoms with E-state index in [1.165, 1.54) is 0 Å². The largest absolute Gasteiger partial charge is 0.342 e. The van der Waals surface area contributed by atoms with E-state index in [2.05, 4.69) is 40.9 Å². The lowest BCUT2D eigenvalue weighted by Gasteiger charge is -1.96. The monoisotopic (exact) mass is 272 g/mol. The van der Waals surface area contributed by atoms with Crippen LogP contribution in [0.2, 0.25) is 0 Å². The van der Waals surface area contributed by atoms with E-state index >= 15 is 0 Å². The molecule has 5 heteroatoms. The molecule has 0 aliphatic rings. The smallest absolute Gasteiger partial charge is 0.109 e. The molecule has 3 aromatic rings. The van der Waals surface area contributed by atoms with Crippen molar-refractivity contribution in [1.82, 2.24) is 15.0 Å². The maximum absolute atomic E-state index is 5.60. The van der Waals surface area contributed by atoms with Crippen LogP contribution in [0.3, 0.4) is 0 Å². The fourth-order valence-electron chi connectivity index (χ4n) is 2.00. The van der Waals surface area contributed by atoms with Gasteiger partial charge < -0.3 is 10.7 Å². The molecule has 98 valence electrons. The number of hydrogen-bond acceptors (Lipinski definition) is 4. The van der Waals surface area contributed by atoms with E-state index in [0.717, 1.165) is 33.1 Å². The standard InChI is InChI=1S/C14H16N4S/c1-8(2)14-17-10-4-3-9(5-11(10)18-14)12-7-19-13(6-15)16-12/h3-5,7-8H,6,15H2,1-2H3,(H,17,18). The minimum Gasteiger partial charge on any atom is -0.342 e. The number of fused-ring (bicyclic) bond motifs is 1. The molecule has 0 bridgehead atoms. The van der Waals surface area contributed by atoms with Crippen LogP contribution in [0.15, 0.2) is 23.6 Å². The first-order chi connectivity index (χ1) is 9.17. The van der Waals surface area contributed by atoms with E-state index < -0.39 is 0 Å². The summed E-state index contributed by atoms with van der Waals surface area (Å²) in [6, 6.07) is 6.20. The van der Waals surface area contributed by atoms with Gasteiger partial charge in [-0.2, -0.15) is 0 Å². The minimum atomic E-state index is 0.402. The molecule has 0 fully saturated rings. The van der Waals surface area contributed by atoms with Gasteiger partial charge in [-0.3, -0.25) is 0 Å². The number of aromatic nitrogens is 3. The highest BCUT2D eigenvalue weighted by atomic mass is 32.1. The second kappa shape index (κ2) is 4.75. The highest BCUT2D eigenvalue weighted by Gasteiger charge is 2.09. The molecular weight excluding hydrogens is 256 g/mol. The van der Waals surface area contributed by atoms with Gasteiger partial charge in [0.05, 0.1) is 16.7 Å². The van der Waals surface area contributed by atoms with Gasteiger partial charge in [-0.1, -0.05) is 19.9 Å². The Morgan fingerprint density at radius 1 is 1.32 bits per heavy atom. The second-order valence-corrected chi connectivity index (χ2v) is 5.78. The van der Waals surface area contributed by atoms with Crippen molar-refractivity contribution in [2.24, 2.45) is 5.73 Å². The highest BCUT2D eigenvalue weighted by molar-refractivity contribution is 7.09. The minimum absolute atomic E-state index is 0.402. The molecule has 3 N–H and O–H groups in total. The summed E-state index contributed by atoms with van der Waals surface area (Å²) in [5.41, 5.74) is 9.74. The summed E-state index contributed by atoms with van der Waals surface area (Å²) in [6.45, 7) is 4.76. The van der Waals surface area contributed by atoms with Crippen molar-refractivity contribution in [2.75, 3.05) is 0 Å². The zero-order valence-corrected chi connectivity index (χ0v) is 11.8. The molecular formula is C14H16N4S. The van der Waals surface area contributed by atoms with Gasteiger partial charge in [-0.15, -0.1) is 11.3 Å². The summed E-state index contributed by atoms with van der Waals surface area (Å²) < 4.78 is 0. The SMILES string of the molecule is CC(C)c1nc2ccc(-c3csc(CN)n3)cc2[nH]1. The third-order valence-corrected chi connectivity index (χ3v) is 3.94. The number of hydrogen-bond donors (Lipinski definition) is 2. The first kappa shape index (κ1) is 12.3. The number of nitrogens with two attached hydrogens (primary N) is 1. The lowest BCUT2D eigenvalue weighted by molar-refractivity contribution is 0.799. The van der Waals surface area contributed by atoms with Gasteiger partial charge >= 0.3 is 0 Å². The zero-order chi connectivity index (χ0) is 13.4. The highest BCUT2D eigenvalue weighted by Crippen LogP contribution is 2.25. The number of aromatic amines is 1. The number of nitrogens with one attached hydrogen (secondary N) is 1. The molecule has 0 saturated carbocycles. The van der Waals surface area contributed by atoms with Crippen LogP contribution < -0.4 is 5.73 Å². The summed E-state index contributed by atoms with van der Waals surface area (Å²) in [5.74, 6) is 1.42. The molecule has 2 aromatic heterocycles. The topological polar surface area (TPSA) is 67.6 Å². The first-order valence-corrected chi connectivity index (χ1v) is 7.20. The van der Waals surface area contributed by atoms with Crippen LogP contribution in [-0.4, -0.2) is 15.0 Å². The van der Waals surface area contributed by atoms with Crippen molar-refractivity contribution in [3.8, 4) is 11.3 Å². The molecule has 0 aliphatic carbocycles. The van der Waals surface area contributed by atoms with Gasteiger partial charge in [-0.25, -0.2) is 9.97 Å². The fourth-order valence-corrected chi connectivity index (χ4v) is 2.68. The third kappa shape index (κ3) is 2.27. The van der Waals surface area contributed by atoms with Gasteiger partial charge in [0.15, 0.2) is 0 Å². The van der Waals surface area contributed by atoms with Gasteiger partial charge in [0.2, 0.25) is 0 Å². The molecule has 3 rings (SSSR count). The van der Waals surface area contributed by atoms with Crippen LogP contribution in [0.25, 0.3) is 22.3 Å². The predicted octanol–water partition coefficient (Wildman–Crippen LogP) is 3.27. The Labute approximate surface area is 115 Å². The van der Waals surface area contributed by atoms with E-state index in [0.29, 0.717) is 12.5 Å². The summed E-state index contributed by atoms with van der Waals surface area (Å²) in [6.07, 6.45) is 0. The van der Waals surface area contributed by atoms with Crippen LogP contribution in [0.1, 0.15) is 30.6 Å². The maximum atomic E-state index is 5.60. The lowest BCUT2D eigenvalue weighted by atomic mass is 10.1. The van der Waals surface area contributed by atoms with Crippen molar-refractivity contribution in [3.63, 3.8) is 0 Å². The quantitative estimate of drug-likeness (QED) is 0.769.